The summed E-state index contributed by atoms with van der Waals surface area (Å²) in [6.45, 7) is 0. The Morgan fingerprint density at radius 2 is 1.38 bits per heavy atom. The number of rotatable bonds is 3. The molecule has 0 spiro atoms. The van der Waals surface area contributed by atoms with Crippen molar-refractivity contribution in [3.05, 3.63) is 75.7 Å². The van der Waals surface area contributed by atoms with Gasteiger partial charge in [-0.05, 0) is 42.1 Å². The van der Waals surface area contributed by atoms with E-state index in [0.29, 0.717) is 10.0 Å². The Morgan fingerprint density at radius 1 is 0.885 bits per heavy atom. The second-order valence-corrected chi connectivity index (χ2v) is 7.06. The van der Waals surface area contributed by atoms with Crippen LogP contribution in [0.2, 0.25) is 0 Å². The number of benzene rings is 1. The van der Waals surface area contributed by atoms with Crippen LogP contribution in [-0.2, 0) is 0 Å². The monoisotopic (exact) mass is 454 g/mol. The minimum Gasteiger partial charge on any atom is -0.494 e. The summed E-state index contributed by atoms with van der Waals surface area (Å²) in [6, 6.07) is 6.76. The number of aromatic amines is 4. The van der Waals surface area contributed by atoms with Gasteiger partial charge in [-0.1, -0.05) is 28.1 Å². The van der Waals surface area contributed by atoms with Crippen LogP contribution in [0.25, 0.3) is 0 Å². The predicted octanol–water partition coefficient (Wildman–Crippen LogP) is 2.53. The highest BCUT2D eigenvalue weighted by Crippen LogP contribution is 2.35. The molecule has 0 bridgehead atoms. The summed E-state index contributed by atoms with van der Waals surface area (Å²) in [5.41, 5.74) is -1.28. The average molecular weight is 455 g/mol. The maximum atomic E-state index is 12.5. The zero-order chi connectivity index (χ0) is 19.0. The Balaban J connectivity index is 2.44. The lowest BCUT2D eigenvalue weighted by molar-refractivity contribution is 0.431. The summed E-state index contributed by atoms with van der Waals surface area (Å²) in [5.74, 6) is -2.12. The summed E-state index contributed by atoms with van der Waals surface area (Å²) in [7, 11) is 0. The summed E-state index contributed by atoms with van der Waals surface area (Å²) < 4.78 is 0.532. The minimum absolute atomic E-state index is 0.0742. The quantitative estimate of drug-likeness (QED) is 0.336. The van der Waals surface area contributed by atoms with Crippen LogP contribution in [0.5, 0.6) is 11.8 Å². The van der Waals surface area contributed by atoms with Gasteiger partial charge in [0.25, 0.3) is 11.1 Å². The molecule has 0 aliphatic heterocycles. The molecular weight excluding hydrogens is 444 g/mol. The average Bonchev–Trinajstić information content (AvgIpc) is 2.51. The third-order valence-corrected chi connectivity index (χ3v) is 4.58. The van der Waals surface area contributed by atoms with Crippen LogP contribution in [0.4, 0.5) is 0 Å². The van der Waals surface area contributed by atoms with Gasteiger partial charge in [0.1, 0.15) is 0 Å². The van der Waals surface area contributed by atoms with E-state index in [1.54, 1.807) is 24.3 Å². The highest BCUT2D eigenvalue weighted by Gasteiger charge is 2.29. The Labute approximate surface area is 163 Å². The number of halogens is 1. The maximum absolute atomic E-state index is 12.5. The van der Waals surface area contributed by atoms with Crippen molar-refractivity contribution in [3.8, 4) is 11.8 Å². The fourth-order valence-electron chi connectivity index (χ4n) is 2.67. The Kier molecular flexibility index (Phi) is 4.94. The molecule has 0 unspecified atom stereocenters. The van der Waals surface area contributed by atoms with E-state index in [4.69, 9.17) is 24.4 Å². The molecule has 134 valence electrons. The molecule has 0 amide bonds. The van der Waals surface area contributed by atoms with E-state index < -0.39 is 28.8 Å². The first-order valence-corrected chi connectivity index (χ1v) is 8.75. The van der Waals surface area contributed by atoms with Crippen molar-refractivity contribution in [1.82, 2.24) is 19.9 Å². The van der Waals surface area contributed by atoms with Gasteiger partial charge in [0.2, 0.25) is 0 Å². The Hall–Kier alpha value is -2.50. The van der Waals surface area contributed by atoms with E-state index in [0.717, 1.165) is 0 Å². The van der Waals surface area contributed by atoms with Crippen molar-refractivity contribution in [2.75, 3.05) is 0 Å². The van der Waals surface area contributed by atoms with Crippen LogP contribution in [0.15, 0.2) is 38.3 Å². The molecule has 26 heavy (non-hydrogen) atoms. The maximum Gasteiger partial charge on any atom is 0.259 e. The number of hydrogen-bond donors (Lipinski definition) is 6. The Bertz CT molecular complexity index is 1150. The van der Waals surface area contributed by atoms with Gasteiger partial charge in [-0.3, -0.25) is 19.6 Å². The highest BCUT2D eigenvalue weighted by atomic mass is 79.9. The standard InChI is InChI=1S/C15H11BrN4O4S2/c16-6-3-1-2-5(4-6)7(8-10(21)17-14(25)18-11(8)22)9-12(23)19-15(26)20-13(9)24/h1-4,7H,(H3,17,18,21,22,25)(H3,19,20,23,24,26). The van der Waals surface area contributed by atoms with Crippen molar-refractivity contribution in [2.24, 2.45) is 0 Å². The third-order valence-electron chi connectivity index (χ3n) is 3.68. The first kappa shape index (κ1) is 18.3. The molecule has 0 fully saturated rings. The van der Waals surface area contributed by atoms with Crippen LogP contribution in [0, 0.1) is 9.54 Å². The number of hydrogen-bond acceptors (Lipinski definition) is 6. The lowest BCUT2D eigenvalue weighted by atomic mass is 9.87. The smallest absolute Gasteiger partial charge is 0.259 e. The van der Waals surface area contributed by atoms with Crippen LogP contribution < -0.4 is 11.1 Å². The van der Waals surface area contributed by atoms with Crippen molar-refractivity contribution >= 4 is 40.4 Å². The van der Waals surface area contributed by atoms with Gasteiger partial charge in [0.05, 0.1) is 17.0 Å². The minimum atomic E-state index is -1.10. The molecule has 0 aliphatic rings. The molecule has 0 atom stereocenters. The largest absolute Gasteiger partial charge is 0.494 e. The van der Waals surface area contributed by atoms with Gasteiger partial charge in [-0.15, -0.1) is 0 Å². The van der Waals surface area contributed by atoms with Gasteiger partial charge in [0.15, 0.2) is 21.3 Å². The fraction of sp³-hybridized carbons (Fsp3) is 0.0667. The fourth-order valence-corrected chi connectivity index (χ4v) is 3.46. The van der Waals surface area contributed by atoms with Crippen LogP contribution in [-0.4, -0.2) is 30.1 Å². The molecule has 1 aromatic carbocycles. The molecule has 2 aromatic heterocycles. The predicted molar refractivity (Wildman–Crippen MR) is 103 cm³/mol. The first-order valence-electron chi connectivity index (χ1n) is 7.14. The van der Waals surface area contributed by atoms with Gasteiger partial charge in [-0.2, -0.15) is 0 Å². The normalized spacial score (nSPS) is 11.0. The zero-order valence-electron chi connectivity index (χ0n) is 12.8. The topological polar surface area (TPSA) is 138 Å². The summed E-state index contributed by atoms with van der Waals surface area (Å²) in [4.78, 5) is 34.6. The molecular formula is C15H11BrN4O4S2. The van der Waals surface area contributed by atoms with Crippen LogP contribution >= 0.6 is 40.4 Å². The molecule has 11 heteroatoms. The van der Waals surface area contributed by atoms with Crippen molar-refractivity contribution < 1.29 is 10.2 Å². The van der Waals surface area contributed by atoms with Gasteiger partial charge in [0, 0.05) is 4.47 Å². The van der Waals surface area contributed by atoms with E-state index in [1.807, 2.05) is 0 Å². The van der Waals surface area contributed by atoms with Crippen molar-refractivity contribution in [3.63, 3.8) is 0 Å². The van der Waals surface area contributed by atoms with Crippen molar-refractivity contribution in [1.29, 1.82) is 0 Å². The molecule has 6 N–H and O–H groups in total. The number of aromatic hydroxyl groups is 2. The van der Waals surface area contributed by atoms with Gasteiger partial charge < -0.3 is 20.2 Å². The Morgan fingerprint density at radius 3 is 1.81 bits per heavy atom. The number of H-pyrrole nitrogens is 4. The summed E-state index contributed by atoms with van der Waals surface area (Å²) >= 11 is 13.0. The first-order chi connectivity index (χ1) is 12.3. The van der Waals surface area contributed by atoms with Crippen LogP contribution in [0.3, 0.4) is 0 Å². The van der Waals surface area contributed by atoms with Crippen molar-refractivity contribution in [2.45, 2.75) is 5.92 Å². The van der Waals surface area contributed by atoms with Crippen LogP contribution in [0.1, 0.15) is 22.6 Å². The van der Waals surface area contributed by atoms with E-state index in [9.17, 15) is 19.8 Å². The lowest BCUT2D eigenvalue weighted by Gasteiger charge is -2.18. The van der Waals surface area contributed by atoms with Gasteiger partial charge in [-0.25, -0.2) is 0 Å². The lowest BCUT2D eigenvalue weighted by Crippen LogP contribution is -2.25. The molecule has 3 rings (SSSR count). The molecule has 2 heterocycles. The second kappa shape index (κ2) is 7.02. The molecule has 0 saturated carbocycles. The molecule has 0 saturated heterocycles. The second-order valence-electron chi connectivity index (χ2n) is 5.33. The molecule has 8 nitrogen and oxygen atoms in total. The number of aromatic nitrogens is 4. The number of nitrogens with one attached hydrogen (secondary N) is 4. The summed E-state index contributed by atoms with van der Waals surface area (Å²) in [5, 5.41) is 20.6. The SMILES string of the molecule is O=c1[nH]c(=S)[nH]c(O)c1C(c1cccc(Br)c1)c1c(O)[nH]c(=S)[nH]c1=O. The molecule has 0 aliphatic carbocycles. The van der Waals surface area contributed by atoms with E-state index in [1.165, 1.54) is 0 Å². The molecule has 3 aromatic rings. The van der Waals surface area contributed by atoms with E-state index in [2.05, 4.69) is 35.9 Å². The third kappa shape index (κ3) is 3.41. The zero-order valence-corrected chi connectivity index (χ0v) is 16.0. The molecule has 0 radical (unpaired) electrons. The van der Waals surface area contributed by atoms with Gasteiger partial charge >= 0.3 is 0 Å². The highest BCUT2D eigenvalue weighted by molar-refractivity contribution is 9.10. The van der Waals surface area contributed by atoms with E-state index >= 15 is 0 Å². The summed E-state index contributed by atoms with van der Waals surface area (Å²) in [6.07, 6.45) is 0. The van der Waals surface area contributed by atoms with E-state index in [-0.39, 0.29) is 20.7 Å².